The van der Waals surface area contributed by atoms with Gasteiger partial charge in [-0.1, -0.05) is 46.3 Å². The molecule has 1 heterocycles. The molecule has 0 spiro atoms. The number of amides is 1. The second-order valence-corrected chi connectivity index (χ2v) is 7.79. The van der Waals surface area contributed by atoms with Gasteiger partial charge in [0, 0.05) is 22.0 Å². The largest absolute Gasteiger partial charge is 0.477 e. The normalized spacial score (nSPS) is 10.6. The molecule has 0 unspecified atom stereocenters. The van der Waals surface area contributed by atoms with E-state index in [-0.39, 0.29) is 10.8 Å². The number of hydrogen-bond donors (Lipinski definition) is 1. The van der Waals surface area contributed by atoms with E-state index in [1.807, 2.05) is 43.3 Å². The predicted molar refractivity (Wildman–Crippen MR) is 108 cm³/mol. The molecule has 1 N–H and O–H groups in total. The second kappa shape index (κ2) is 7.43. The van der Waals surface area contributed by atoms with Crippen molar-refractivity contribution in [2.24, 2.45) is 0 Å². The number of thiophene rings is 1. The van der Waals surface area contributed by atoms with Gasteiger partial charge in [0.15, 0.2) is 0 Å². The van der Waals surface area contributed by atoms with Crippen LogP contribution in [0.25, 0.3) is 10.4 Å². The Morgan fingerprint density at radius 3 is 2.38 bits per heavy atom. The van der Waals surface area contributed by atoms with E-state index in [4.69, 9.17) is 0 Å². The summed E-state index contributed by atoms with van der Waals surface area (Å²) in [5.74, 6) is -1.28. The number of benzene rings is 2. The average Bonchev–Trinajstić information content (AvgIpc) is 3.07. The first-order valence-corrected chi connectivity index (χ1v) is 9.46. The van der Waals surface area contributed by atoms with Gasteiger partial charge in [-0.15, -0.1) is 11.3 Å². The average molecular weight is 430 g/mol. The van der Waals surface area contributed by atoms with Gasteiger partial charge in [-0.05, 0) is 42.3 Å². The van der Waals surface area contributed by atoms with Gasteiger partial charge in [-0.25, -0.2) is 4.79 Å². The minimum Gasteiger partial charge on any atom is -0.477 e. The van der Waals surface area contributed by atoms with E-state index in [9.17, 15) is 14.7 Å². The molecule has 3 rings (SSSR count). The number of carbonyl (C=O) groups excluding carboxylic acids is 1. The van der Waals surface area contributed by atoms with Gasteiger partial charge in [0.25, 0.3) is 5.91 Å². The van der Waals surface area contributed by atoms with Crippen LogP contribution in [0.1, 0.15) is 25.6 Å². The zero-order valence-electron chi connectivity index (χ0n) is 14.2. The van der Waals surface area contributed by atoms with Crippen LogP contribution >= 0.6 is 27.3 Å². The van der Waals surface area contributed by atoms with Crippen molar-refractivity contribution in [3.63, 3.8) is 0 Å². The number of aryl methyl sites for hydroxylation is 1. The van der Waals surface area contributed by atoms with E-state index in [1.54, 1.807) is 25.2 Å². The fourth-order valence-electron chi connectivity index (χ4n) is 2.69. The Morgan fingerprint density at radius 1 is 1.08 bits per heavy atom. The molecule has 0 fully saturated rings. The van der Waals surface area contributed by atoms with Crippen molar-refractivity contribution in [2.45, 2.75) is 6.92 Å². The minimum absolute atomic E-state index is 0.148. The SMILES string of the molecule is Cc1cc(Br)ccc1C(=O)N(C)c1cc(-c2ccccc2)sc1C(=O)O. The van der Waals surface area contributed by atoms with Crippen molar-refractivity contribution in [2.75, 3.05) is 11.9 Å². The van der Waals surface area contributed by atoms with E-state index in [1.165, 1.54) is 16.2 Å². The number of nitrogens with zero attached hydrogens (tertiary/aromatic N) is 1. The van der Waals surface area contributed by atoms with E-state index in [0.29, 0.717) is 11.3 Å². The number of aromatic carboxylic acids is 1. The Labute approximate surface area is 163 Å². The lowest BCUT2D eigenvalue weighted by Crippen LogP contribution is -2.27. The summed E-state index contributed by atoms with van der Waals surface area (Å²) in [4.78, 5) is 27.0. The van der Waals surface area contributed by atoms with Gasteiger partial charge >= 0.3 is 5.97 Å². The first kappa shape index (κ1) is 18.4. The fourth-order valence-corrected chi connectivity index (χ4v) is 4.19. The highest BCUT2D eigenvalue weighted by Gasteiger charge is 2.24. The number of rotatable bonds is 4. The zero-order valence-corrected chi connectivity index (χ0v) is 16.6. The Hall–Kier alpha value is -2.44. The van der Waals surface area contributed by atoms with Crippen molar-refractivity contribution >= 4 is 44.8 Å². The summed E-state index contributed by atoms with van der Waals surface area (Å²) in [7, 11) is 1.60. The maximum Gasteiger partial charge on any atom is 0.348 e. The fraction of sp³-hybridized carbons (Fsp3) is 0.100. The summed E-state index contributed by atoms with van der Waals surface area (Å²) in [6.07, 6.45) is 0. The first-order valence-electron chi connectivity index (χ1n) is 7.85. The maximum absolute atomic E-state index is 12.9. The lowest BCUT2D eigenvalue weighted by Gasteiger charge is -2.18. The molecule has 0 aliphatic heterocycles. The van der Waals surface area contributed by atoms with Gasteiger partial charge < -0.3 is 10.0 Å². The Kier molecular flexibility index (Phi) is 5.25. The summed E-state index contributed by atoms with van der Waals surface area (Å²) in [5, 5.41) is 9.58. The van der Waals surface area contributed by atoms with Crippen molar-refractivity contribution in [3.8, 4) is 10.4 Å². The van der Waals surface area contributed by atoms with Crippen LogP contribution in [-0.2, 0) is 0 Å². The summed E-state index contributed by atoms with van der Waals surface area (Å²) < 4.78 is 0.891. The van der Waals surface area contributed by atoms with Crippen molar-refractivity contribution in [1.82, 2.24) is 0 Å². The molecule has 0 radical (unpaired) electrons. The molecule has 1 aromatic heterocycles. The lowest BCUT2D eigenvalue weighted by atomic mass is 10.1. The number of halogens is 1. The molecule has 4 nitrogen and oxygen atoms in total. The summed E-state index contributed by atoms with van der Waals surface area (Å²) >= 11 is 4.55. The molecule has 26 heavy (non-hydrogen) atoms. The number of carboxylic acids is 1. The van der Waals surface area contributed by atoms with Gasteiger partial charge in [0.1, 0.15) is 4.88 Å². The smallest absolute Gasteiger partial charge is 0.348 e. The van der Waals surface area contributed by atoms with Gasteiger partial charge in [0.2, 0.25) is 0 Å². The van der Waals surface area contributed by atoms with Crippen LogP contribution in [0, 0.1) is 6.92 Å². The van der Waals surface area contributed by atoms with Crippen LogP contribution < -0.4 is 4.90 Å². The molecule has 0 bridgehead atoms. The van der Waals surface area contributed by atoms with E-state index in [0.717, 1.165) is 20.5 Å². The van der Waals surface area contributed by atoms with Crippen LogP contribution in [0.5, 0.6) is 0 Å². The monoisotopic (exact) mass is 429 g/mol. The third-order valence-corrected chi connectivity index (χ3v) is 5.70. The van der Waals surface area contributed by atoms with Crippen LogP contribution in [-0.4, -0.2) is 24.0 Å². The quantitative estimate of drug-likeness (QED) is 0.598. The third-order valence-electron chi connectivity index (χ3n) is 4.05. The molecule has 0 atom stereocenters. The summed E-state index contributed by atoms with van der Waals surface area (Å²) in [6, 6.07) is 16.7. The van der Waals surface area contributed by atoms with Gasteiger partial charge in [-0.2, -0.15) is 0 Å². The molecular formula is C20H16BrNO3S. The zero-order chi connectivity index (χ0) is 18.8. The van der Waals surface area contributed by atoms with Crippen molar-refractivity contribution in [1.29, 1.82) is 0 Å². The van der Waals surface area contributed by atoms with E-state index >= 15 is 0 Å². The van der Waals surface area contributed by atoms with Crippen LogP contribution in [0.3, 0.4) is 0 Å². The van der Waals surface area contributed by atoms with Crippen LogP contribution in [0.15, 0.2) is 59.1 Å². The Morgan fingerprint density at radius 2 is 1.77 bits per heavy atom. The number of carbonyl (C=O) groups is 2. The molecule has 0 aliphatic carbocycles. The maximum atomic E-state index is 12.9. The van der Waals surface area contributed by atoms with E-state index < -0.39 is 5.97 Å². The molecule has 6 heteroatoms. The van der Waals surface area contributed by atoms with Crippen LogP contribution in [0.2, 0.25) is 0 Å². The predicted octanol–water partition coefficient (Wildman–Crippen LogP) is 5.46. The molecule has 0 saturated carbocycles. The number of anilines is 1. The summed E-state index contributed by atoms with van der Waals surface area (Å²) in [6.45, 7) is 1.85. The van der Waals surface area contributed by atoms with Gasteiger partial charge in [0.05, 0.1) is 5.69 Å². The standard InChI is InChI=1S/C20H16BrNO3S/c1-12-10-14(21)8-9-15(12)19(23)22(2)16-11-17(26-18(16)20(24)25)13-6-4-3-5-7-13/h3-11H,1-2H3,(H,24,25). The molecule has 2 aromatic carbocycles. The van der Waals surface area contributed by atoms with Crippen molar-refractivity contribution in [3.05, 3.63) is 75.1 Å². The Bertz CT molecular complexity index is 982. The van der Waals surface area contributed by atoms with Crippen molar-refractivity contribution < 1.29 is 14.7 Å². The second-order valence-electron chi connectivity index (χ2n) is 5.82. The minimum atomic E-state index is -1.04. The molecule has 1 amide bonds. The molecule has 132 valence electrons. The number of carboxylic acid groups (broad SMARTS) is 1. The first-order chi connectivity index (χ1) is 12.4. The lowest BCUT2D eigenvalue weighted by molar-refractivity contribution is 0.0703. The van der Waals surface area contributed by atoms with Crippen LogP contribution in [0.4, 0.5) is 5.69 Å². The Balaban J connectivity index is 2.03. The van der Waals surface area contributed by atoms with Gasteiger partial charge in [-0.3, -0.25) is 4.79 Å². The topological polar surface area (TPSA) is 57.6 Å². The molecular weight excluding hydrogens is 414 g/mol. The third kappa shape index (κ3) is 3.57. The number of hydrogen-bond acceptors (Lipinski definition) is 3. The highest BCUT2D eigenvalue weighted by Crippen LogP contribution is 2.37. The van der Waals surface area contributed by atoms with E-state index in [2.05, 4.69) is 15.9 Å². The molecule has 0 saturated heterocycles. The molecule has 3 aromatic rings. The molecule has 0 aliphatic rings. The highest BCUT2D eigenvalue weighted by atomic mass is 79.9. The summed E-state index contributed by atoms with van der Waals surface area (Å²) in [5.41, 5.74) is 2.69. The highest BCUT2D eigenvalue weighted by molar-refractivity contribution is 9.10.